The predicted molar refractivity (Wildman–Crippen MR) is 109 cm³/mol. The van der Waals surface area contributed by atoms with Gasteiger partial charge < -0.3 is 10.2 Å². The zero-order valence-electron chi connectivity index (χ0n) is 17.1. The van der Waals surface area contributed by atoms with Gasteiger partial charge in [-0.05, 0) is 69.3 Å². The van der Waals surface area contributed by atoms with E-state index in [9.17, 15) is 4.79 Å². The monoisotopic (exact) mass is 354 g/mol. The van der Waals surface area contributed by atoms with Crippen LogP contribution in [0.25, 0.3) is 5.57 Å². The largest absolute Gasteiger partial charge is 0.350 e. The van der Waals surface area contributed by atoms with Crippen LogP contribution in [0.2, 0.25) is 0 Å². The molecule has 1 aromatic carbocycles. The lowest BCUT2D eigenvalue weighted by Gasteiger charge is -2.40. The Morgan fingerprint density at radius 2 is 1.85 bits per heavy atom. The summed E-state index contributed by atoms with van der Waals surface area (Å²) in [4.78, 5) is 15.3. The molecule has 1 amide bonds. The SMILES string of the molecule is CC(C)NC(=O)C1=CC2(CCN(CCC(C)(C)C)CC2)c2ccccc21. The van der Waals surface area contributed by atoms with Gasteiger partial charge in [-0.1, -0.05) is 51.1 Å². The second-order valence-electron chi connectivity index (χ2n) is 9.54. The van der Waals surface area contributed by atoms with Gasteiger partial charge in [-0.2, -0.15) is 0 Å². The topological polar surface area (TPSA) is 32.3 Å². The van der Waals surface area contributed by atoms with Crippen molar-refractivity contribution in [3.8, 4) is 0 Å². The molecule has 1 aliphatic carbocycles. The molecule has 142 valence electrons. The van der Waals surface area contributed by atoms with Crippen molar-refractivity contribution >= 4 is 11.5 Å². The number of nitrogens with zero attached hydrogens (tertiary/aromatic N) is 1. The van der Waals surface area contributed by atoms with Crippen LogP contribution in [0, 0.1) is 5.41 Å². The maximum atomic E-state index is 12.7. The van der Waals surface area contributed by atoms with Crippen molar-refractivity contribution in [3.63, 3.8) is 0 Å². The van der Waals surface area contributed by atoms with Crippen LogP contribution < -0.4 is 5.32 Å². The molecule has 1 aliphatic heterocycles. The van der Waals surface area contributed by atoms with Crippen LogP contribution in [0.5, 0.6) is 0 Å². The first kappa shape index (κ1) is 19.2. The fourth-order valence-corrected chi connectivity index (χ4v) is 4.19. The number of rotatable bonds is 4. The molecular formula is C23H34N2O. The van der Waals surface area contributed by atoms with Crippen molar-refractivity contribution in [2.24, 2.45) is 5.41 Å². The van der Waals surface area contributed by atoms with E-state index in [0.717, 1.165) is 37.1 Å². The first-order valence-corrected chi connectivity index (χ1v) is 10.1. The molecule has 0 bridgehead atoms. The summed E-state index contributed by atoms with van der Waals surface area (Å²) in [6.07, 6.45) is 5.71. The quantitative estimate of drug-likeness (QED) is 0.870. The van der Waals surface area contributed by atoms with Gasteiger partial charge in [0.25, 0.3) is 5.91 Å². The number of hydrogen-bond acceptors (Lipinski definition) is 2. The lowest BCUT2D eigenvalue weighted by molar-refractivity contribution is -0.116. The summed E-state index contributed by atoms with van der Waals surface area (Å²) >= 11 is 0. The fourth-order valence-electron chi connectivity index (χ4n) is 4.19. The van der Waals surface area contributed by atoms with E-state index in [1.54, 1.807) is 0 Å². The smallest absolute Gasteiger partial charge is 0.251 e. The van der Waals surface area contributed by atoms with E-state index in [0.29, 0.717) is 5.41 Å². The van der Waals surface area contributed by atoms with Gasteiger partial charge in [0.1, 0.15) is 0 Å². The van der Waals surface area contributed by atoms with Gasteiger partial charge in [0, 0.05) is 17.0 Å². The summed E-state index contributed by atoms with van der Waals surface area (Å²) in [5.74, 6) is 0.0690. The molecule has 1 saturated heterocycles. The van der Waals surface area contributed by atoms with Crippen LogP contribution in [0.15, 0.2) is 30.3 Å². The van der Waals surface area contributed by atoms with Crippen molar-refractivity contribution in [1.29, 1.82) is 0 Å². The number of allylic oxidation sites excluding steroid dienone is 1. The molecule has 0 aromatic heterocycles. The third-order valence-electron chi connectivity index (χ3n) is 5.76. The molecule has 0 atom stereocenters. The lowest BCUT2D eigenvalue weighted by atomic mass is 9.74. The second kappa shape index (κ2) is 7.19. The number of carbonyl (C=O) groups is 1. The zero-order chi connectivity index (χ0) is 18.9. The predicted octanol–water partition coefficient (Wildman–Crippen LogP) is 4.38. The Bertz CT molecular complexity index is 688. The first-order chi connectivity index (χ1) is 12.2. The van der Waals surface area contributed by atoms with Gasteiger partial charge in [0.2, 0.25) is 0 Å². The summed E-state index contributed by atoms with van der Waals surface area (Å²) in [5.41, 5.74) is 3.78. The number of likely N-dealkylation sites (tertiary alicyclic amines) is 1. The first-order valence-electron chi connectivity index (χ1n) is 10.1. The molecule has 1 spiro atoms. The van der Waals surface area contributed by atoms with E-state index in [1.165, 1.54) is 18.5 Å². The number of amides is 1. The van der Waals surface area contributed by atoms with Gasteiger partial charge in [0.15, 0.2) is 0 Å². The highest BCUT2D eigenvalue weighted by molar-refractivity contribution is 6.21. The Morgan fingerprint density at radius 1 is 1.19 bits per heavy atom. The molecular weight excluding hydrogens is 320 g/mol. The zero-order valence-corrected chi connectivity index (χ0v) is 17.1. The minimum absolute atomic E-state index is 0.0402. The van der Waals surface area contributed by atoms with Crippen molar-refractivity contribution in [3.05, 3.63) is 41.5 Å². The van der Waals surface area contributed by atoms with Crippen molar-refractivity contribution in [2.75, 3.05) is 19.6 Å². The summed E-state index contributed by atoms with van der Waals surface area (Å²) < 4.78 is 0. The number of piperidine rings is 1. The van der Waals surface area contributed by atoms with E-state index < -0.39 is 0 Å². The molecule has 1 heterocycles. The molecule has 3 heteroatoms. The van der Waals surface area contributed by atoms with Crippen LogP contribution in [-0.2, 0) is 10.2 Å². The van der Waals surface area contributed by atoms with Crippen LogP contribution in [0.4, 0.5) is 0 Å². The highest BCUT2D eigenvalue weighted by Crippen LogP contribution is 2.47. The molecule has 3 nitrogen and oxygen atoms in total. The Kier molecular flexibility index (Phi) is 5.30. The summed E-state index contributed by atoms with van der Waals surface area (Å²) in [6.45, 7) is 14.4. The van der Waals surface area contributed by atoms with Crippen molar-refractivity contribution < 1.29 is 4.79 Å². The maximum Gasteiger partial charge on any atom is 0.251 e. The van der Waals surface area contributed by atoms with E-state index in [2.05, 4.69) is 55.3 Å². The summed E-state index contributed by atoms with van der Waals surface area (Å²) in [6, 6.07) is 8.66. The molecule has 0 radical (unpaired) electrons. The minimum Gasteiger partial charge on any atom is -0.350 e. The van der Waals surface area contributed by atoms with E-state index in [-0.39, 0.29) is 17.4 Å². The summed E-state index contributed by atoms with van der Waals surface area (Å²) in [7, 11) is 0. The molecule has 26 heavy (non-hydrogen) atoms. The van der Waals surface area contributed by atoms with E-state index in [4.69, 9.17) is 0 Å². The lowest BCUT2D eigenvalue weighted by Crippen LogP contribution is -2.42. The third-order valence-corrected chi connectivity index (χ3v) is 5.76. The standard InChI is InChI=1S/C23H34N2O/c1-17(2)24-21(26)19-16-23(20-9-7-6-8-18(19)20)11-14-25(15-12-23)13-10-22(3,4)5/h6-9,16-17H,10-15H2,1-5H3,(H,24,26). The average Bonchev–Trinajstić information content (AvgIpc) is 2.88. The Labute approximate surface area is 158 Å². The third kappa shape index (κ3) is 4.03. The van der Waals surface area contributed by atoms with Gasteiger partial charge >= 0.3 is 0 Å². The second-order valence-corrected chi connectivity index (χ2v) is 9.54. The number of fused-ring (bicyclic) bond motifs is 2. The van der Waals surface area contributed by atoms with Crippen molar-refractivity contribution in [2.45, 2.75) is 65.3 Å². The van der Waals surface area contributed by atoms with Crippen LogP contribution >= 0.6 is 0 Å². The number of benzene rings is 1. The van der Waals surface area contributed by atoms with Crippen LogP contribution in [-0.4, -0.2) is 36.5 Å². The number of carbonyl (C=O) groups excluding carboxylic acids is 1. The molecule has 1 aromatic rings. The Morgan fingerprint density at radius 3 is 2.46 bits per heavy atom. The average molecular weight is 355 g/mol. The van der Waals surface area contributed by atoms with Gasteiger partial charge in [-0.3, -0.25) is 4.79 Å². The van der Waals surface area contributed by atoms with E-state index in [1.807, 2.05) is 19.9 Å². The Balaban J connectivity index is 1.78. The summed E-state index contributed by atoms with van der Waals surface area (Å²) in [5, 5.41) is 3.08. The highest BCUT2D eigenvalue weighted by Gasteiger charge is 2.41. The number of nitrogens with one attached hydrogen (secondary N) is 1. The normalized spacial score (nSPS) is 19.5. The van der Waals surface area contributed by atoms with Gasteiger partial charge in [-0.15, -0.1) is 0 Å². The van der Waals surface area contributed by atoms with E-state index >= 15 is 0 Å². The Hall–Kier alpha value is -1.61. The molecule has 0 saturated carbocycles. The molecule has 1 N–H and O–H groups in total. The van der Waals surface area contributed by atoms with Crippen molar-refractivity contribution in [1.82, 2.24) is 10.2 Å². The molecule has 3 rings (SSSR count). The fraction of sp³-hybridized carbons (Fsp3) is 0.609. The molecule has 0 unspecified atom stereocenters. The van der Waals surface area contributed by atoms with Crippen LogP contribution in [0.3, 0.4) is 0 Å². The number of hydrogen-bond donors (Lipinski definition) is 1. The maximum absolute atomic E-state index is 12.7. The molecule has 1 fully saturated rings. The van der Waals surface area contributed by atoms with Gasteiger partial charge in [0.05, 0.1) is 0 Å². The molecule has 2 aliphatic rings. The van der Waals surface area contributed by atoms with Crippen LogP contribution in [0.1, 0.15) is 65.0 Å². The van der Waals surface area contributed by atoms with Gasteiger partial charge in [-0.25, -0.2) is 0 Å². The highest BCUT2D eigenvalue weighted by atomic mass is 16.1. The minimum atomic E-state index is 0.0402.